The number of hydrogen-bond donors (Lipinski definition) is 2. The van der Waals surface area contributed by atoms with Crippen LogP contribution in [0, 0.1) is 5.21 Å². The number of aliphatic hydroxyl groups excluding tert-OH is 1. The molecular formula is C9H12N3O2-. The van der Waals surface area contributed by atoms with E-state index in [4.69, 9.17) is 5.11 Å². The predicted molar refractivity (Wildman–Crippen MR) is 53.1 cm³/mol. The maximum absolute atomic E-state index is 11.5. The van der Waals surface area contributed by atoms with E-state index < -0.39 is 0 Å². The molecule has 0 saturated heterocycles. The SMILES string of the molecule is [O-]N1NC(CCO)=NC2CC=CC=C21. The van der Waals surface area contributed by atoms with E-state index in [1.807, 2.05) is 12.2 Å². The van der Waals surface area contributed by atoms with E-state index in [-0.39, 0.29) is 12.6 Å². The van der Waals surface area contributed by atoms with Crippen molar-refractivity contribution < 1.29 is 5.11 Å². The van der Waals surface area contributed by atoms with Crippen molar-refractivity contribution in [2.45, 2.75) is 18.9 Å². The Kier molecular flexibility index (Phi) is 2.51. The highest BCUT2D eigenvalue weighted by atomic mass is 16.5. The number of allylic oxidation sites excluding steroid dienone is 2. The molecule has 0 spiro atoms. The van der Waals surface area contributed by atoms with Gasteiger partial charge in [0.2, 0.25) is 0 Å². The van der Waals surface area contributed by atoms with E-state index in [9.17, 15) is 5.21 Å². The van der Waals surface area contributed by atoms with Gasteiger partial charge in [-0.25, -0.2) is 0 Å². The minimum atomic E-state index is -0.0831. The highest BCUT2D eigenvalue weighted by Crippen LogP contribution is 2.21. The molecule has 0 fully saturated rings. The van der Waals surface area contributed by atoms with Gasteiger partial charge in [0.05, 0.1) is 12.6 Å². The largest absolute Gasteiger partial charge is 0.739 e. The molecule has 0 aromatic heterocycles. The van der Waals surface area contributed by atoms with Gasteiger partial charge in [-0.15, -0.1) is 0 Å². The van der Waals surface area contributed by atoms with Crippen molar-refractivity contribution in [3.05, 3.63) is 29.1 Å². The van der Waals surface area contributed by atoms with Crippen LogP contribution in [-0.2, 0) is 0 Å². The predicted octanol–water partition coefficient (Wildman–Crippen LogP) is 0.298. The van der Waals surface area contributed by atoms with Gasteiger partial charge >= 0.3 is 0 Å². The van der Waals surface area contributed by atoms with Crippen LogP contribution in [0.15, 0.2) is 28.9 Å². The molecule has 2 N–H and O–H groups in total. The van der Waals surface area contributed by atoms with Crippen LogP contribution in [0.1, 0.15) is 12.8 Å². The van der Waals surface area contributed by atoms with Gasteiger partial charge in [-0.05, 0) is 12.5 Å². The van der Waals surface area contributed by atoms with Gasteiger partial charge in [-0.1, -0.05) is 12.2 Å². The molecule has 0 radical (unpaired) electrons. The topological polar surface area (TPSA) is 70.9 Å². The lowest BCUT2D eigenvalue weighted by molar-refractivity contribution is 0.296. The lowest BCUT2D eigenvalue weighted by Gasteiger charge is -2.41. The summed E-state index contributed by atoms with van der Waals surface area (Å²) in [6.45, 7) is 0.00127. The Morgan fingerprint density at radius 3 is 3.36 bits per heavy atom. The number of aliphatic hydroxyl groups is 1. The van der Waals surface area contributed by atoms with Crippen molar-refractivity contribution in [2.24, 2.45) is 4.99 Å². The summed E-state index contributed by atoms with van der Waals surface area (Å²) < 4.78 is 0. The summed E-state index contributed by atoms with van der Waals surface area (Å²) in [4.78, 5) is 4.33. The smallest absolute Gasteiger partial charge is 0.117 e. The van der Waals surface area contributed by atoms with E-state index in [2.05, 4.69) is 10.4 Å². The van der Waals surface area contributed by atoms with Gasteiger partial charge in [-0.2, -0.15) is 0 Å². The average Bonchev–Trinajstić information content (AvgIpc) is 2.18. The monoisotopic (exact) mass is 194 g/mol. The zero-order valence-corrected chi connectivity index (χ0v) is 7.68. The van der Waals surface area contributed by atoms with Crippen LogP contribution in [0.5, 0.6) is 0 Å². The summed E-state index contributed by atoms with van der Waals surface area (Å²) in [6, 6.07) is -0.0831. The summed E-state index contributed by atoms with van der Waals surface area (Å²) in [6.07, 6.45) is 6.74. The molecular weight excluding hydrogens is 182 g/mol. The molecule has 1 aliphatic carbocycles. The maximum Gasteiger partial charge on any atom is 0.117 e. The first-order valence-corrected chi connectivity index (χ1v) is 4.59. The number of aliphatic imine (C=N–C) groups is 1. The first-order chi connectivity index (χ1) is 6.81. The highest BCUT2D eigenvalue weighted by Gasteiger charge is 2.21. The normalized spacial score (nSPS) is 25.0. The number of hydrogen-bond acceptors (Lipinski definition) is 5. The summed E-state index contributed by atoms with van der Waals surface area (Å²) in [5.74, 6) is 0.556. The molecule has 1 aliphatic heterocycles. The van der Waals surface area contributed by atoms with Crippen molar-refractivity contribution in [2.75, 3.05) is 6.61 Å². The van der Waals surface area contributed by atoms with Crippen LogP contribution < -0.4 is 5.43 Å². The first-order valence-electron chi connectivity index (χ1n) is 4.59. The van der Waals surface area contributed by atoms with E-state index >= 15 is 0 Å². The van der Waals surface area contributed by atoms with Gasteiger partial charge < -0.3 is 15.5 Å². The molecule has 5 heteroatoms. The number of fused-ring (bicyclic) bond motifs is 1. The van der Waals surface area contributed by atoms with Gasteiger partial charge in [0, 0.05) is 12.1 Å². The van der Waals surface area contributed by atoms with Gasteiger partial charge in [0.1, 0.15) is 5.84 Å². The molecule has 5 nitrogen and oxygen atoms in total. The fraction of sp³-hybridized carbons (Fsp3) is 0.444. The third-order valence-corrected chi connectivity index (χ3v) is 2.23. The van der Waals surface area contributed by atoms with Crippen molar-refractivity contribution in [3.63, 3.8) is 0 Å². The highest BCUT2D eigenvalue weighted by molar-refractivity contribution is 5.83. The number of nitrogens with zero attached hydrogens (tertiary/aromatic N) is 2. The molecule has 2 aliphatic rings. The standard InChI is InChI=1S/C9H12N3O2/c13-6-5-9-10-7-3-1-2-4-8(7)12(14)11-9/h1-2,4,7,13H,3,5-6H2,(H,10,11)/q-1. The minimum absolute atomic E-state index is 0.00127. The molecule has 1 atom stereocenters. The molecule has 0 bridgehead atoms. The fourth-order valence-corrected chi connectivity index (χ4v) is 1.55. The zero-order valence-electron chi connectivity index (χ0n) is 7.68. The number of nitrogens with one attached hydrogen (secondary N) is 1. The average molecular weight is 194 g/mol. The Bertz CT molecular complexity index is 309. The van der Waals surface area contributed by atoms with Gasteiger partial charge in [0.25, 0.3) is 0 Å². The van der Waals surface area contributed by atoms with Crippen molar-refractivity contribution in [3.8, 4) is 0 Å². The van der Waals surface area contributed by atoms with Crippen LogP contribution >= 0.6 is 0 Å². The van der Waals surface area contributed by atoms with Crippen LogP contribution in [0.2, 0.25) is 0 Å². The van der Waals surface area contributed by atoms with Crippen molar-refractivity contribution in [1.82, 2.24) is 10.6 Å². The van der Waals surface area contributed by atoms with Gasteiger partial charge in [0.15, 0.2) is 0 Å². The summed E-state index contributed by atoms with van der Waals surface area (Å²) in [5, 5.41) is 20.9. The fourth-order valence-electron chi connectivity index (χ4n) is 1.55. The molecule has 2 rings (SSSR count). The molecule has 0 saturated carbocycles. The molecule has 0 aromatic carbocycles. The Morgan fingerprint density at radius 1 is 1.71 bits per heavy atom. The molecule has 76 valence electrons. The van der Waals surface area contributed by atoms with Crippen molar-refractivity contribution >= 4 is 5.84 Å². The van der Waals surface area contributed by atoms with Crippen molar-refractivity contribution in [1.29, 1.82) is 0 Å². The lowest BCUT2D eigenvalue weighted by atomic mass is 10.1. The third kappa shape index (κ3) is 1.64. The van der Waals surface area contributed by atoms with Crippen LogP contribution in [0.25, 0.3) is 0 Å². The third-order valence-electron chi connectivity index (χ3n) is 2.23. The van der Waals surface area contributed by atoms with Crippen LogP contribution in [0.3, 0.4) is 0 Å². The summed E-state index contributed by atoms with van der Waals surface area (Å²) in [5.41, 5.74) is 3.22. The number of hydrazine groups is 1. The van der Waals surface area contributed by atoms with Crippen LogP contribution in [-0.4, -0.2) is 28.8 Å². The number of hydroxylamine groups is 1. The second kappa shape index (κ2) is 3.81. The maximum atomic E-state index is 11.5. The molecule has 1 heterocycles. The van der Waals surface area contributed by atoms with Crippen LogP contribution in [0.4, 0.5) is 0 Å². The Hall–Kier alpha value is -1.33. The molecule has 1 unspecified atom stereocenters. The number of rotatable bonds is 2. The van der Waals surface area contributed by atoms with E-state index in [1.54, 1.807) is 6.08 Å². The van der Waals surface area contributed by atoms with Gasteiger partial charge in [-0.3, -0.25) is 10.4 Å². The lowest BCUT2D eigenvalue weighted by Crippen LogP contribution is -2.45. The Morgan fingerprint density at radius 2 is 2.57 bits per heavy atom. The quantitative estimate of drug-likeness (QED) is 0.663. The minimum Gasteiger partial charge on any atom is -0.739 e. The second-order valence-corrected chi connectivity index (χ2v) is 3.23. The number of amidine groups is 1. The van der Waals surface area contributed by atoms with E-state index in [1.165, 1.54) is 0 Å². The summed E-state index contributed by atoms with van der Waals surface area (Å²) in [7, 11) is 0. The van der Waals surface area contributed by atoms with E-state index in [0.717, 1.165) is 11.6 Å². The Balaban J connectivity index is 2.18. The molecule has 0 aromatic rings. The molecule has 0 amide bonds. The van der Waals surface area contributed by atoms with E-state index in [0.29, 0.717) is 18.0 Å². The first kappa shape index (κ1) is 9.23. The summed E-state index contributed by atoms with van der Waals surface area (Å²) >= 11 is 0. The second-order valence-electron chi connectivity index (χ2n) is 3.23. The zero-order chi connectivity index (χ0) is 9.97. The molecule has 14 heavy (non-hydrogen) atoms. The Labute approximate surface area is 82.0 Å².